The third-order valence-corrected chi connectivity index (χ3v) is 4.28. The van der Waals surface area contributed by atoms with E-state index in [1.165, 1.54) is 25.3 Å². The van der Waals surface area contributed by atoms with Crippen LogP contribution < -0.4 is 5.73 Å². The summed E-state index contributed by atoms with van der Waals surface area (Å²) >= 11 is 0. The molecule has 1 aliphatic heterocycles. The maximum Gasteiger partial charge on any atom is 0.129 e. The third kappa shape index (κ3) is 3.93. The molecule has 0 spiro atoms. The van der Waals surface area contributed by atoms with E-state index in [1.54, 1.807) is 6.07 Å². The van der Waals surface area contributed by atoms with Crippen molar-refractivity contribution < 1.29 is 4.39 Å². The fourth-order valence-electron chi connectivity index (χ4n) is 2.94. The molecule has 3 heteroatoms. The lowest BCUT2D eigenvalue weighted by atomic mass is 9.89. The average molecular weight is 264 g/mol. The molecule has 19 heavy (non-hydrogen) atoms. The number of nitrogens with two attached hydrogens (primary N) is 1. The van der Waals surface area contributed by atoms with Gasteiger partial charge in [0.1, 0.15) is 5.82 Å². The molecule has 0 aromatic heterocycles. The first-order chi connectivity index (χ1) is 9.06. The van der Waals surface area contributed by atoms with E-state index in [1.807, 2.05) is 6.07 Å². The van der Waals surface area contributed by atoms with E-state index in [0.717, 1.165) is 30.5 Å². The van der Waals surface area contributed by atoms with E-state index in [-0.39, 0.29) is 5.82 Å². The van der Waals surface area contributed by atoms with E-state index < -0.39 is 0 Å². The number of nitrogens with zero attached hydrogens (tertiary/aromatic N) is 1. The lowest BCUT2D eigenvalue weighted by molar-refractivity contribution is 0.261. The number of halogens is 1. The van der Waals surface area contributed by atoms with Gasteiger partial charge in [-0.05, 0) is 56.3 Å². The Labute approximate surface area is 115 Å². The van der Waals surface area contributed by atoms with Gasteiger partial charge in [0, 0.05) is 17.8 Å². The van der Waals surface area contributed by atoms with Crippen LogP contribution >= 0.6 is 0 Å². The van der Waals surface area contributed by atoms with Crippen molar-refractivity contribution in [2.24, 2.45) is 11.8 Å². The largest absolute Gasteiger partial charge is 0.399 e. The predicted molar refractivity (Wildman–Crippen MR) is 78.3 cm³/mol. The molecule has 0 radical (unpaired) electrons. The Morgan fingerprint density at radius 3 is 2.79 bits per heavy atom. The summed E-state index contributed by atoms with van der Waals surface area (Å²) in [5.74, 6) is 1.40. The molecule has 1 saturated heterocycles. The first-order valence-electron chi connectivity index (χ1n) is 7.32. The first kappa shape index (κ1) is 14.3. The Morgan fingerprint density at radius 2 is 2.11 bits per heavy atom. The molecule has 1 atom stereocenters. The fraction of sp³-hybridized carbons (Fsp3) is 0.625. The molecule has 2 N–H and O–H groups in total. The normalized spacial score (nSPS) is 21.6. The Kier molecular flexibility index (Phi) is 4.81. The predicted octanol–water partition coefficient (Wildman–Crippen LogP) is 3.67. The van der Waals surface area contributed by atoms with Crippen LogP contribution in [0.15, 0.2) is 18.2 Å². The molecule has 1 unspecified atom stereocenters. The van der Waals surface area contributed by atoms with E-state index in [2.05, 4.69) is 18.7 Å². The number of benzene rings is 1. The van der Waals surface area contributed by atoms with Crippen LogP contribution in [0.2, 0.25) is 0 Å². The van der Waals surface area contributed by atoms with E-state index in [0.29, 0.717) is 12.2 Å². The smallest absolute Gasteiger partial charge is 0.129 e. The van der Waals surface area contributed by atoms with Crippen molar-refractivity contribution in [3.8, 4) is 0 Å². The molecule has 1 aromatic rings. The molecule has 2 rings (SSSR count). The highest BCUT2D eigenvalue weighted by atomic mass is 19.1. The Bertz CT molecular complexity index is 417. The molecule has 0 aliphatic carbocycles. The van der Waals surface area contributed by atoms with Crippen molar-refractivity contribution in [3.63, 3.8) is 0 Å². The van der Waals surface area contributed by atoms with Crippen LogP contribution in [0.1, 0.15) is 38.7 Å². The van der Waals surface area contributed by atoms with Crippen molar-refractivity contribution in [1.82, 2.24) is 4.90 Å². The van der Waals surface area contributed by atoms with Crippen LogP contribution in [-0.2, 0) is 6.54 Å². The minimum absolute atomic E-state index is 0.176. The van der Waals surface area contributed by atoms with Gasteiger partial charge < -0.3 is 5.73 Å². The average Bonchev–Trinajstić information content (AvgIpc) is 2.58. The summed E-state index contributed by atoms with van der Waals surface area (Å²) in [6, 6.07) is 5.02. The van der Waals surface area contributed by atoms with Gasteiger partial charge in [0.05, 0.1) is 0 Å². The van der Waals surface area contributed by atoms with Gasteiger partial charge >= 0.3 is 0 Å². The number of rotatable bonds is 3. The van der Waals surface area contributed by atoms with Crippen LogP contribution in [0.25, 0.3) is 0 Å². The SMILES string of the molecule is CC(C)C1CCCN(Cc2ccc(N)cc2F)CC1. The second kappa shape index (κ2) is 6.38. The summed E-state index contributed by atoms with van der Waals surface area (Å²) in [7, 11) is 0. The maximum atomic E-state index is 13.8. The van der Waals surface area contributed by atoms with Gasteiger partial charge in [-0.2, -0.15) is 0 Å². The van der Waals surface area contributed by atoms with Crippen LogP contribution in [0.5, 0.6) is 0 Å². The van der Waals surface area contributed by atoms with Crippen LogP contribution in [0, 0.1) is 17.7 Å². The molecule has 1 heterocycles. The van der Waals surface area contributed by atoms with E-state index in [9.17, 15) is 4.39 Å². The standard InChI is InChI=1S/C16H25FN2/c1-12(2)13-4-3-8-19(9-7-13)11-14-5-6-15(18)10-16(14)17/h5-6,10,12-13H,3-4,7-9,11,18H2,1-2H3. The fourth-order valence-corrected chi connectivity index (χ4v) is 2.94. The summed E-state index contributed by atoms with van der Waals surface area (Å²) in [5.41, 5.74) is 6.84. The zero-order valence-electron chi connectivity index (χ0n) is 12.0. The van der Waals surface area contributed by atoms with Crippen LogP contribution in [-0.4, -0.2) is 18.0 Å². The van der Waals surface area contributed by atoms with Crippen molar-refractivity contribution >= 4 is 5.69 Å². The van der Waals surface area contributed by atoms with Gasteiger partial charge in [0.15, 0.2) is 0 Å². The van der Waals surface area contributed by atoms with Crippen LogP contribution in [0.4, 0.5) is 10.1 Å². The molecule has 1 aromatic carbocycles. The van der Waals surface area contributed by atoms with E-state index >= 15 is 0 Å². The Hall–Kier alpha value is -1.09. The summed E-state index contributed by atoms with van der Waals surface area (Å²) in [6.45, 7) is 7.47. The van der Waals surface area contributed by atoms with Crippen molar-refractivity contribution in [3.05, 3.63) is 29.6 Å². The van der Waals surface area contributed by atoms with Crippen LogP contribution in [0.3, 0.4) is 0 Å². The quantitative estimate of drug-likeness (QED) is 0.844. The van der Waals surface area contributed by atoms with Gasteiger partial charge in [0.2, 0.25) is 0 Å². The molecule has 0 saturated carbocycles. The highest BCUT2D eigenvalue weighted by Crippen LogP contribution is 2.25. The van der Waals surface area contributed by atoms with E-state index in [4.69, 9.17) is 5.73 Å². The number of hydrogen-bond acceptors (Lipinski definition) is 2. The highest BCUT2D eigenvalue weighted by Gasteiger charge is 2.20. The molecule has 1 fully saturated rings. The highest BCUT2D eigenvalue weighted by molar-refractivity contribution is 5.40. The maximum absolute atomic E-state index is 13.8. The zero-order valence-corrected chi connectivity index (χ0v) is 12.0. The second-order valence-corrected chi connectivity index (χ2v) is 6.06. The topological polar surface area (TPSA) is 29.3 Å². The van der Waals surface area contributed by atoms with Gasteiger partial charge in [-0.25, -0.2) is 4.39 Å². The molecule has 1 aliphatic rings. The van der Waals surface area contributed by atoms with Crippen molar-refractivity contribution in [2.45, 2.75) is 39.7 Å². The molecule has 2 nitrogen and oxygen atoms in total. The van der Waals surface area contributed by atoms with Gasteiger partial charge in [0.25, 0.3) is 0 Å². The second-order valence-electron chi connectivity index (χ2n) is 6.06. The number of nitrogen functional groups attached to an aromatic ring is 1. The minimum Gasteiger partial charge on any atom is -0.399 e. The number of likely N-dealkylation sites (tertiary alicyclic amines) is 1. The van der Waals surface area contributed by atoms with Gasteiger partial charge in [-0.15, -0.1) is 0 Å². The zero-order chi connectivity index (χ0) is 13.8. The monoisotopic (exact) mass is 264 g/mol. The lowest BCUT2D eigenvalue weighted by Crippen LogP contribution is -2.25. The number of hydrogen-bond donors (Lipinski definition) is 1. The Morgan fingerprint density at radius 1 is 1.32 bits per heavy atom. The summed E-state index contributed by atoms with van der Waals surface area (Å²) in [5, 5.41) is 0. The molecular formula is C16H25FN2. The molecule has 0 bridgehead atoms. The number of anilines is 1. The lowest BCUT2D eigenvalue weighted by Gasteiger charge is -2.21. The summed E-state index contributed by atoms with van der Waals surface area (Å²) in [4.78, 5) is 2.37. The Balaban J connectivity index is 1.96. The first-order valence-corrected chi connectivity index (χ1v) is 7.32. The molecular weight excluding hydrogens is 239 g/mol. The molecule has 106 valence electrons. The minimum atomic E-state index is -0.176. The van der Waals surface area contributed by atoms with Gasteiger partial charge in [-0.3, -0.25) is 4.90 Å². The summed E-state index contributed by atoms with van der Waals surface area (Å²) in [6.07, 6.45) is 3.76. The van der Waals surface area contributed by atoms with Gasteiger partial charge in [-0.1, -0.05) is 19.9 Å². The third-order valence-electron chi connectivity index (χ3n) is 4.28. The van der Waals surface area contributed by atoms with Crippen molar-refractivity contribution in [2.75, 3.05) is 18.8 Å². The summed E-state index contributed by atoms with van der Waals surface area (Å²) < 4.78 is 13.8. The van der Waals surface area contributed by atoms with Crippen molar-refractivity contribution in [1.29, 1.82) is 0 Å². The molecule has 0 amide bonds.